The number of rotatable bonds is 6. The average molecular weight is 411 g/mol. The summed E-state index contributed by atoms with van der Waals surface area (Å²) in [6.07, 6.45) is 1.70. The zero-order chi connectivity index (χ0) is 21.6. The summed E-state index contributed by atoms with van der Waals surface area (Å²) in [5, 5.41) is 15.8. The monoisotopic (exact) mass is 411 g/mol. The third-order valence-corrected chi connectivity index (χ3v) is 4.93. The molecule has 0 saturated heterocycles. The topological polar surface area (TPSA) is 91.3 Å². The van der Waals surface area contributed by atoms with Crippen LogP contribution in [0.5, 0.6) is 0 Å². The molecule has 0 bridgehead atoms. The maximum Gasteiger partial charge on any atom is 0.251 e. The maximum absolute atomic E-state index is 12.6. The van der Waals surface area contributed by atoms with Crippen molar-refractivity contribution in [2.24, 2.45) is 0 Å². The number of amides is 2. The lowest BCUT2D eigenvalue weighted by Crippen LogP contribution is -2.46. The lowest BCUT2D eigenvalue weighted by Gasteiger charge is -2.16. The van der Waals surface area contributed by atoms with Gasteiger partial charge in [-0.15, -0.1) is 0 Å². The van der Waals surface area contributed by atoms with Gasteiger partial charge < -0.3 is 15.7 Å². The predicted molar refractivity (Wildman–Crippen MR) is 121 cm³/mol. The summed E-state index contributed by atoms with van der Waals surface area (Å²) in [5.41, 5.74) is 3.81. The lowest BCUT2D eigenvalue weighted by molar-refractivity contribution is -0.118. The van der Waals surface area contributed by atoms with Gasteiger partial charge in [0.2, 0.25) is 5.91 Å². The smallest absolute Gasteiger partial charge is 0.251 e. The SMILES string of the molecule is O=C(NC(CO)C(=O)Nc1ccc2ncccc2c1)c1ccc(-c2ccccc2)cc1. The van der Waals surface area contributed by atoms with Crippen molar-refractivity contribution in [1.29, 1.82) is 0 Å². The summed E-state index contributed by atoms with van der Waals surface area (Å²) < 4.78 is 0. The molecule has 3 N–H and O–H groups in total. The van der Waals surface area contributed by atoms with Gasteiger partial charge in [0.25, 0.3) is 5.91 Å². The Morgan fingerprint density at radius 1 is 0.871 bits per heavy atom. The van der Waals surface area contributed by atoms with Crippen LogP contribution in [-0.2, 0) is 4.79 Å². The molecule has 1 heterocycles. The van der Waals surface area contributed by atoms with E-state index in [1.165, 1.54) is 0 Å². The summed E-state index contributed by atoms with van der Waals surface area (Å²) in [6.45, 7) is -0.519. The van der Waals surface area contributed by atoms with Crippen molar-refractivity contribution in [3.8, 4) is 11.1 Å². The number of carbonyl (C=O) groups is 2. The van der Waals surface area contributed by atoms with Gasteiger partial charge in [-0.1, -0.05) is 48.5 Å². The first-order valence-electron chi connectivity index (χ1n) is 9.87. The van der Waals surface area contributed by atoms with E-state index in [1.807, 2.05) is 54.6 Å². The van der Waals surface area contributed by atoms with E-state index >= 15 is 0 Å². The van der Waals surface area contributed by atoms with Gasteiger partial charge >= 0.3 is 0 Å². The Bertz CT molecular complexity index is 1210. The van der Waals surface area contributed by atoms with Crippen LogP contribution in [0, 0.1) is 0 Å². The Balaban J connectivity index is 1.42. The van der Waals surface area contributed by atoms with E-state index in [0.717, 1.165) is 22.0 Å². The van der Waals surface area contributed by atoms with Crippen LogP contribution in [0.1, 0.15) is 10.4 Å². The molecule has 0 aliphatic heterocycles. The van der Waals surface area contributed by atoms with Gasteiger partial charge in [0, 0.05) is 22.8 Å². The molecule has 1 atom stereocenters. The van der Waals surface area contributed by atoms with Crippen LogP contribution in [-0.4, -0.2) is 34.6 Å². The Kier molecular flexibility index (Phi) is 6.01. The molecule has 3 aromatic carbocycles. The molecule has 4 rings (SSSR count). The van der Waals surface area contributed by atoms with Crippen molar-refractivity contribution in [3.05, 3.63) is 96.7 Å². The molecule has 154 valence electrons. The molecule has 1 unspecified atom stereocenters. The summed E-state index contributed by atoms with van der Waals surface area (Å²) >= 11 is 0. The number of pyridine rings is 1. The first-order valence-corrected chi connectivity index (χ1v) is 9.87. The highest BCUT2D eigenvalue weighted by Gasteiger charge is 2.21. The van der Waals surface area contributed by atoms with E-state index in [1.54, 1.807) is 36.5 Å². The number of anilines is 1. The van der Waals surface area contributed by atoms with Gasteiger partial charge in [0.1, 0.15) is 6.04 Å². The van der Waals surface area contributed by atoms with E-state index < -0.39 is 24.5 Å². The molecular formula is C25H21N3O3. The highest BCUT2D eigenvalue weighted by atomic mass is 16.3. The second kappa shape index (κ2) is 9.19. The van der Waals surface area contributed by atoms with E-state index in [4.69, 9.17) is 0 Å². The summed E-state index contributed by atoms with van der Waals surface area (Å²) in [7, 11) is 0. The van der Waals surface area contributed by atoms with Crippen molar-refractivity contribution in [1.82, 2.24) is 10.3 Å². The summed E-state index contributed by atoms with van der Waals surface area (Å²) in [4.78, 5) is 29.4. The van der Waals surface area contributed by atoms with Gasteiger partial charge in [0.05, 0.1) is 12.1 Å². The molecular weight excluding hydrogens is 390 g/mol. The van der Waals surface area contributed by atoms with E-state index in [0.29, 0.717) is 11.3 Å². The molecule has 0 fully saturated rings. The van der Waals surface area contributed by atoms with Gasteiger partial charge in [-0.05, 0) is 47.5 Å². The average Bonchev–Trinajstić information content (AvgIpc) is 2.83. The normalized spacial score (nSPS) is 11.6. The minimum atomic E-state index is -1.08. The quantitative estimate of drug-likeness (QED) is 0.452. The molecule has 0 spiro atoms. The number of fused-ring (bicyclic) bond motifs is 1. The fraction of sp³-hybridized carbons (Fsp3) is 0.0800. The van der Waals surface area contributed by atoms with E-state index in [-0.39, 0.29) is 0 Å². The number of carbonyl (C=O) groups excluding carboxylic acids is 2. The Hall–Kier alpha value is -4.03. The number of benzene rings is 3. The molecule has 31 heavy (non-hydrogen) atoms. The molecule has 0 saturated carbocycles. The number of hydrogen-bond acceptors (Lipinski definition) is 4. The Morgan fingerprint density at radius 2 is 1.61 bits per heavy atom. The molecule has 1 aromatic heterocycles. The molecule has 0 radical (unpaired) electrons. The number of aromatic nitrogens is 1. The van der Waals surface area contributed by atoms with Crippen LogP contribution in [0.3, 0.4) is 0 Å². The van der Waals surface area contributed by atoms with Crippen LogP contribution in [0.25, 0.3) is 22.0 Å². The highest BCUT2D eigenvalue weighted by Crippen LogP contribution is 2.20. The first kappa shape index (κ1) is 20.3. The lowest BCUT2D eigenvalue weighted by atomic mass is 10.0. The minimum Gasteiger partial charge on any atom is -0.394 e. The predicted octanol–water partition coefficient (Wildman–Crippen LogP) is 3.63. The Morgan fingerprint density at radius 3 is 2.35 bits per heavy atom. The molecule has 6 nitrogen and oxygen atoms in total. The van der Waals surface area contributed by atoms with Crippen LogP contribution >= 0.6 is 0 Å². The van der Waals surface area contributed by atoms with Crippen molar-refractivity contribution in [2.75, 3.05) is 11.9 Å². The van der Waals surface area contributed by atoms with E-state index in [9.17, 15) is 14.7 Å². The minimum absolute atomic E-state index is 0.405. The van der Waals surface area contributed by atoms with Crippen molar-refractivity contribution in [3.63, 3.8) is 0 Å². The number of aliphatic hydroxyl groups excluding tert-OH is 1. The largest absolute Gasteiger partial charge is 0.394 e. The second-order valence-electron chi connectivity index (χ2n) is 7.05. The van der Waals surface area contributed by atoms with E-state index in [2.05, 4.69) is 15.6 Å². The van der Waals surface area contributed by atoms with Crippen molar-refractivity contribution < 1.29 is 14.7 Å². The number of aliphatic hydroxyl groups is 1. The zero-order valence-corrected chi connectivity index (χ0v) is 16.7. The van der Waals surface area contributed by atoms with Crippen LogP contribution < -0.4 is 10.6 Å². The van der Waals surface area contributed by atoms with Crippen LogP contribution in [0.4, 0.5) is 5.69 Å². The fourth-order valence-corrected chi connectivity index (χ4v) is 3.26. The summed E-state index contributed by atoms with van der Waals surface area (Å²) in [5.74, 6) is -0.934. The molecule has 0 aliphatic rings. The summed E-state index contributed by atoms with van der Waals surface area (Å²) in [6, 6.07) is 24.9. The van der Waals surface area contributed by atoms with Gasteiger partial charge in [-0.3, -0.25) is 14.6 Å². The second-order valence-corrected chi connectivity index (χ2v) is 7.05. The van der Waals surface area contributed by atoms with Gasteiger partial charge in [-0.2, -0.15) is 0 Å². The molecule has 0 aliphatic carbocycles. The third-order valence-electron chi connectivity index (χ3n) is 4.93. The van der Waals surface area contributed by atoms with Gasteiger partial charge in [0.15, 0.2) is 0 Å². The molecule has 2 amide bonds. The highest BCUT2D eigenvalue weighted by molar-refractivity contribution is 6.02. The zero-order valence-electron chi connectivity index (χ0n) is 16.7. The number of nitrogens with one attached hydrogen (secondary N) is 2. The van der Waals surface area contributed by atoms with Crippen LogP contribution in [0.15, 0.2) is 91.1 Å². The Labute approximate surface area is 179 Å². The van der Waals surface area contributed by atoms with Crippen LogP contribution in [0.2, 0.25) is 0 Å². The van der Waals surface area contributed by atoms with Gasteiger partial charge in [-0.25, -0.2) is 0 Å². The third kappa shape index (κ3) is 4.76. The fourth-order valence-electron chi connectivity index (χ4n) is 3.26. The number of hydrogen-bond donors (Lipinski definition) is 3. The molecule has 4 aromatic rings. The number of nitrogens with zero attached hydrogens (tertiary/aromatic N) is 1. The van der Waals surface area contributed by atoms with Crippen molar-refractivity contribution >= 4 is 28.4 Å². The molecule has 6 heteroatoms. The van der Waals surface area contributed by atoms with Crippen molar-refractivity contribution in [2.45, 2.75) is 6.04 Å². The maximum atomic E-state index is 12.6. The first-order chi connectivity index (χ1) is 15.1. The standard InChI is InChI=1S/C25H21N3O3/c29-16-23(25(31)27-21-12-13-22-20(15-21)7-4-14-26-22)28-24(30)19-10-8-18(9-11-19)17-5-2-1-3-6-17/h1-15,23,29H,16H2,(H,27,31)(H,28,30).